The Morgan fingerprint density at radius 1 is 1.04 bits per heavy atom. The number of nitrogens with zero attached hydrogens (tertiary/aromatic N) is 2. The third-order valence-electron chi connectivity index (χ3n) is 4.26. The molecule has 9 nitrogen and oxygen atoms in total. The van der Waals surface area contributed by atoms with Crippen molar-refractivity contribution in [3.05, 3.63) is 73.8 Å². The van der Waals surface area contributed by atoms with Crippen LogP contribution in [0.25, 0.3) is 0 Å². The summed E-state index contributed by atoms with van der Waals surface area (Å²) in [5.74, 6) is 0. The van der Waals surface area contributed by atoms with Crippen LogP contribution in [0.2, 0.25) is 0 Å². The molecule has 0 spiro atoms. The Balaban J connectivity index is 1.77. The van der Waals surface area contributed by atoms with E-state index in [1.54, 1.807) is 0 Å². The fraction of sp³-hybridized carbons (Fsp3) is 0.235. The zero-order valence-electron chi connectivity index (χ0n) is 13.7. The Kier molecular flexibility index (Phi) is 4.78. The summed E-state index contributed by atoms with van der Waals surface area (Å²) in [5, 5.41) is 27.1. The van der Waals surface area contributed by atoms with E-state index in [1.807, 2.05) is 24.3 Å². The van der Waals surface area contributed by atoms with Crippen LogP contribution in [0.4, 0.5) is 21.9 Å². The van der Waals surface area contributed by atoms with Crippen molar-refractivity contribution >= 4 is 23.1 Å². The van der Waals surface area contributed by atoms with Gasteiger partial charge in [-0.1, -0.05) is 24.3 Å². The number of carbonyl (C=O) groups is 1. The highest BCUT2D eigenvalue weighted by atomic mass is 16.6. The van der Waals surface area contributed by atoms with Gasteiger partial charge in [0.2, 0.25) is 0 Å². The molecule has 2 amide bonds. The van der Waals surface area contributed by atoms with E-state index in [9.17, 15) is 25.0 Å². The van der Waals surface area contributed by atoms with E-state index >= 15 is 0 Å². The monoisotopic (exact) mass is 356 g/mol. The van der Waals surface area contributed by atoms with Crippen LogP contribution >= 0.6 is 0 Å². The molecule has 0 radical (unpaired) electrons. The molecule has 2 aromatic rings. The van der Waals surface area contributed by atoms with Crippen molar-refractivity contribution in [1.29, 1.82) is 0 Å². The van der Waals surface area contributed by atoms with Gasteiger partial charge in [0.25, 0.3) is 11.4 Å². The van der Waals surface area contributed by atoms with Crippen molar-refractivity contribution in [2.75, 3.05) is 5.32 Å². The Bertz CT molecular complexity index is 851. The van der Waals surface area contributed by atoms with Crippen molar-refractivity contribution in [2.45, 2.75) is 25.3 Å². The summed E-state index contributed by atoms with van der Waals surface area (Å²) < 4.78 is 0. The van der Waals surface area contributed by atoms with Gasteiger partial charge in [-0.2, -0.15) is 0 Å². The highest BCUT2D eigenvalue weighted by Gasteiger charge is 2.22. The Morgan fingerprint density at radius 3 is 2.35 bits per heavy atom. The highest BCUT2D eigenvalue weighted by molar-refractivity contribution is 5.90. The number of urea groups is 1. The molecular formula is C17H16N4O5. The van der Waals surface area contributed by atoms with Gasteiger partial charge >= 0.3 is 6.03 Å². The van der Waals surface area contributed by atoms with Gasteiger partial charge in [0.15, 0.2) is 0 Å². The fourth-order valence-corrected chi connectivity index (χ4v) is 3.11. The summed E-state index contributed by atoms with van der Waals surface area (Å²) in [6.45, 7) is 0. The Morgan fingerprint density at radius 2 is 1.69 bits per heavy atom. The zero-order chi connectivity index (χ0) is 18.7. The molecular weight excluding hydrogens is 340 g/mol. The number of hydrogen-bond acceptors (Lipinski definition) is 5. The largest absolute Gasteiger partial charge is 0.331 e. The number of nitro benzene ring substituents is 2. The van der Waals surface area contributed by atoms with Gasteiger partial charge in [-0.3, -0.25) is 20.2 Å². The number of aryl methyl sites for hydroxylation is 1. The number of carbonyl (C=O) groups excluding carboxylic acids is 1. The lowest BCUT2D eigenvalue weighted by Crippen LogP contribution is -2.34. The second-order valence-corrected chi connectivity index (χ2v) is 5.99. The Hall–Kier alpha value is -3.49. The number of rotatable bonds is 4. The standard InChI is InChI=1S/C17H16N4O5/c22-17(19-16-7-3-5-11-4-1-2-6-15(11)16)18-12-8-13(20(23)24)10-14(9-12)21(25)26/h1-2,4,6,8-10,16H,3,5,7H2,(H2,18,19,22). The summed E-state index contributed by atoms with van der Waals surface area (Å²) in [4.78, 5) is 32.7. The first-order valence-corrected chi connectivity index (χ1v) is 8.03. The first-order valence-electron chi connectivity index (χ1n) is 8.03. The minimum absolute atomic E-state index is 0.00695. The molecule has 0 saturated carbocycles. The smallest absolute Gasteiger partial charge is 0.319 e. The second kappa shape index (κ2) is 7.18. The van der Waals surface area contributed by atoms with Gasteiger partial charge < -0.3 is 10.6 Å². The van der Waals surface area contributed by atoms with Crippen molar-refractivity contribution in [2.24, 2.45) is 0 Å². The van der Waals surface area contributed by atoms with Crippen molar-refractivity contribution in [1.82, 2.24) is 5.32 Å². The molecule has 0 saturated heterocycles. The maximum absolute atomic E-state index is 12.3. The number of benzene rings is 2. The van der Waals surface area contributed by atoms with E-state index in [2.05, 4.69) is 10.6 Å². The third kappa shape index (κ3) is 3.77. The summed E-state index contributed by atoms with van der Waals surface area (Å²) in [7, 11) is 0. The summed E-state index contributed by atoms with van der Waals surface area (Å²) >= 11 is 0. The lowest BCUT2D eigenvalue weighted by atomic mass is 9.88. The summed E-state index contributed by atoms with van der Waals surface area (Å²) in [6, 6.07) is 10.1. The number of non-ortho nitro benzene ring substituents is 2. The molecule has 0 fully saturated rings. The minimum Gasteiger partial charge on any atom is -0.331 e. The quantitative estimate of drug-likeness (QED) is 0.637. The molecule has 0 aromatic heterocycles. The average molecular weight is 356 g/mol. The van der Waals surface area contributed by atoms with E-state index < -0.39 is 27.3 Å². The van der Waals surface area contributed by atoms with Gasteiger partial charge in [-0.25, -0.2) is 4.79 Å². The molecule has 1 atom stereocenters. The van der Waals surface area contributed by atoms with Crippen LogP contribution in [0.3, 0.4) is 0 Å². The molecule has 2 N–H and O–H groups in total. The van der Waals surface area contributed by atoms with Crippen LogP contribution in [0.15, 0.2) is 42.5 Å². The summed E-state index contributed by atoms with van der Waals surface area (Å²) in [5.41, 5.74) is 1.29. The van der Waals surface area contributed by atoms with E-state index in [-0.39, 0.29) is 11.7 Å². The number of anilines is 1. The molecule has 26 heavy (non-hydrogen) atoms. The fourth-order valence-electron chi connectivity index (χ4n) is 3.11. The SMILES string of the molecule is O=C(Nc1cc([N+](=O)[O-])cc([N+](=O)[O-])c1)NC1CCCc2ccccc21. The second-order valence-electron chi connectivity index (χ2n) is 5.99. The minimum atomic E-state index is -0.743. The van der Waals surface area contributed by atoms with Crippen LogP contribution in [-0.4, -0.2) is 15.9 Å². The predicted octanol–water partition coefficient (Wildman–Crippen LogP) is 3.70. The summed E-state index contributed by atoms with van der Waals surface area (Å²) in [6.07, 6.45) is 2.66. The third-order valence-corrected chi connectivity index (χ3v) is 4.26. The molecule has 3 rings (SSSR count). The van der Waals surface area contributed by atoms with Crippen molar-refractivity contribution in [3.8, 4) is 0 Å². The Labute approximate surface area is 148 Å². The van der Waals surface area contributed by atoms with Crippen LogP contribution in [-0.2, 0) is 6.42 Å². The van der Waals surface area contributed by atoms with E-state index in [0.29, 0.717) is 0 Å². The first kappa shape index (κ1) is 17.3. The molecule has 1 aliphatic carbocycles. The number of nitrogens with one attached hydrogen (secondary N) is 2. The van der Waals surface area contributed by atoms with Gasteiger partial charge in [0.05, 0.1) is 27.6 Å². The number of nitro groups is 2. The predicted molar refractivity (Wildman–Crippen MR) is 94.0 cm³/mol. The number of hydrogen-bond donors (Lipinski definition) is 2. The molecule has 134 valence electrons. The van der Waals surface area contributed by atoms with Crippen molar-refractivity contribution in [3.63, 3.8) is 0 Å². The van der Waals surface area contributed by atoms with Gasteiger partial charge in [-0.05, 0) is 30.4 Å². The molecule has 0 heterocycles. The van der Waals surface area contributed by atoms with Crippen molar-refractivity contribution < 1.29 is 14.6 Å². The van der Waals surface area contributed by atoms with Gasteiger partial charge in [0, 0.05) is 12.1 Å². The van der Waals surface area contributed by atoms with E-state index in [1.165, 1.54) is 5.56 Å². The topological polar surface area (TPSA) is 127 Å². The van der Waals surface area contributed by atoms with Crippen LogP contribution in [0, 0.1) is 20.2 Å². The normalized spacial score (nSPS) is 15.6. The van der Waals surface area contributed by atoms with Gasteiger partial charge in [0.1, 0.15) is 0 Å². The highest BCUT2D eigenvalue weighted by Crippen LogP contribution is 2.30. The lowest BCUT2D eigenvalue weighted by molar-refractivity contribution is -0.394. The van der Waals surface area contributed by atoms with Crippen LogP contribution in [0.1, 0.15) is 30.0 Å². The number of fused-ring (bicyclic) bond motifs is 1. The maximum atomic E-state index is 12.3. The molecule has 0 bridgehead atoms. The van der Waals surface area contributed by atoms with E-state index in [0.717, 1.165) is 43.0 Å². The van der Waals surface area contributed by atoms with E-state index in [4.69, 9.17) is 0 Å². The maximum Gasteiger partial charge on any atom is 0.319 e. The first-order chi connectivity index (χ1) is 12.4. The van der Waals surface area contributed by atoms with Crippen LogP contribution < -0.4 is 10.6 Å². The van der Waals surface area contributed by atoms with Gasteiger partial charge in [-0.15, -0.1) is 0 Å². The lowest BCUT2D eigenvalue weighted by Gasteiger charge is -2.26. The average Bonchev–Trinajstić information content (AvgIpc) is 2.61. The molecule has 1 aliphatic rings. The molecule has 2 aromatic carbocycles. The molecule has 0 aliphatic heterocycles. The molecule has 1 unspecified atom stereocenters. The molecule has 9 heteroatoms. The van der Waals surface area contributed by atoms with Crippen LogP contribution in [0.5, 0.6) is 0 Å². The zero-order valence-corrected chi connectivity index (χ0v) is 13.7. The number of amides is 2.